The second kappa shape index (κ2) is 5.44. The van der Waals surface area contributed by atoms with Gasteiger partial charge in [0.1, 0.15) is 16.9 Å². The first-order valence-electron chi connectivity index (χ1n) is 7.65. The molecule has 0 aliphatic rings. The summed E-state index contributed by atoms with van der Waals surface area (Å²) in [5, 5.41) is 2.38. The Morgan fingerprint density at radius 2 is 1.62 bits per heavy atom. The van der Waals surface area contributed by atoms with Crippen LogP contribution >= 0.6 is 0 Å². The fraction of sp³-hybridized carbons (Fsp3) is 0.368. The van der Waals surface area contributed by atoms with E-state index >= 15 is 0 Å². The number of fused-ring (bicyclic) bond motifs is 3. The summed E-state index contributed by atoms with van der Waals surface area (Å²) in [6.45, 7) is 6.45. The van der Waals surface area contributed by atoms with Gasteiger partial charge in [0.2, 0.25) is 0 Å². The molecule has 0 bridgehead atoms. The lowest BCUT2D eigenvalue weighted by Gasteiger charge is -2.05. The Labute approximate surface area is 125 Å². The highest BCUT2D eigenvalue weighted by molar-refractivity contribution is 6.07. The van der Waals surface area contributed by atoms with Crippen LogP contribution in [0.2, 0.25) is 0 Å². The molecule has 2 aromatic carbocycles. The number of aryl methyl sites for hydroxylation is 3. The Morgan fingerprint density at radius 3 is 2.29 bits per heavy atom. The molecular weight excluding hydrogens is 260 g/mol. The van der Waals surface area contributed by atoms with Crippen molar-refractivity contribution in [2.45, 2.75) is 40.0 Å². The van der Waals surface area contributed by atoms with Gasteiger partial charge in [-0.1, -0.05) is 25.5 Å². The molecule has 0 spiro atoms. The van der Waals surface area contributed by atoms with Crippen molar-refractivity contribution in [2.75, 3.05) is 7.11 Å². The predicted molar refractivity (Wildman–Crippen MR) is 88.4 cm³/mol. The van der Waals surface area contributed by atoms with Gasteiger partial charge < -0.3 is 9.15 Å². The van der Waals surface area contributed by atoms with E-state index in [0.717, 1.165) is 28.9 Å². The van der Waals surface area contributed by atoms with Gasteiger partial charge in [0.15, 0.2) is 0 Å². The van der Waals surface area contributed by atoms with E-state index < -0.39 is 0 Å². The fourth-order valence-corrected chi connectivity index (χ4v) is 3.05. The molecule has 3 aromatic rings. The largest absolute Gasteiger partial charge is 0.496 e. The van der Waals surface area contributed by atoms with Crippen LogP contribution in [0.5, 0.6) is 5.75 Å². The van der Waals surface area contributed by atoms with Crippen molar-refractivity contribution in [2.24, 2.45) is 0 Å². The average molecular weight is 282 g/mol. The number of hydrogen-bond acceptors (Lipinski definition) is 2. The fourth-order valence-electron chi connectivity index (χ4n) is 3.05. The summed E-state index contributed by atoms with van der Waals surface area (Å²) < 4.78 is 11.6. The molecule has 0 radical (unpaired) electrons. The molecule has 0 fully saturated rings. The third kappa shape index (κ3) is 2.19. The third-order valence-corrected chi connectivity index (χ3v) is 4.39. The molecule has 1 heterocycles. The van der Waals surface area contributed by atoms with E-state index in [9.17, 15) is 0 Å². The molecule has 0 saturated carbocycles. The first kappa shape index (κ1) is 14.0. The summed E-state index contributed by atoms with van der Waals surface area (Å²) in [4.78, 5) is 0. The Morgan fingerprint density at radius 1 is 0.952 bits per heavy atom. The minimum Gasteiger partial charge on any atom is -0.496 e. The highest BCUT2D eigenvalue weighted by Crippen LogP contribution is 2.37. The average Bonchev–Trinajstić information content (AvgIpc) is 2.88. The van der Waals surface area contributed by atoms with Crippen LogP contribution in [-0.4, -0.2) is 7.11 Å². The summed E-state index contributed by atoms with van der Waals surface area (Å²) >= 11 is 0. The number of ether oxygens (including phenoxy) is 1. The minimum absolute atomic E-state index is 0.880. The topological polar surface area (TPSA) is 22.4 Å². The van der Waals surface area contributed by atoms with Gasteiger partial charge in [0.05, 0.1) is 7.11 Å². The third-order valence-electron chi connectivity index (χ3n) is 4.39. The van der Waals surface area contributed by atoms with Crippen molar-refractivity contribution in [1.29, 1.82) is 0 Å². The van der Waals surface area contributed by atoms with Gasteiger partial charge in [-0.05, 0) is 49.9 Å². The maximum absolute atomic E-state index is 6.20. The predicted octanol–water partition coefficient (Wildman–Crippen LogP) is 5.55. The van der Waals surface area contributed by atoms with Crippen LogP contribution in [0.3, 0.4) is 0 Å². The molecule has 2 heteroatoms. The maximum Gasteiger partial charge on any atom is 0.142 e. The van der Waals surface area contributed by atoms with Gasteiger partial charge in [-0.25, -0.2) is 0 Å². The van der Waals surface area contributed by atoms with Crippen molar-refractivity contribution in [3.63, 3.8) is 0 Å². The molecule has 0 atom stereocenters. The molecule has 0 saturated heterocycles. The Balaban J connectivity index is 2.25. The summed E-state index contributed by atoms with van der Waals surface area (Å²) in [5.41, 5.74) is 5.71. The molecule has 1 aromatic heterocycles. The zero-order chi connectivity index (χ0) is 15.0. The van der Waals surface area contributed by atoms with Gasteiger partial charge in [0, 0.05) is 16.3 Å². The number of furan rings is 1. The summed E-state index contributed by atoms with van der Waals surface area (Å²) in [7, 11) is 1.70. The van der Waals surface area contributed by atoms with E-state index in [1.54, 1.807) is 7.11 Å². The van der Waals surface area contributed by atoms with Crippen molar-refractivity contribution < 1.29 is 9.15 Å². The van der Waals surface area contributed by atoms with E-state index in [-0.39, 0.29) is 0 Å². The van der Waals surface area contributed by atoms with Gasteiger partial charge >= 0.3 is 0 Å². The van der Waals surface area contributed by atoms with Crippen LogP contribution in [0.25, 0.3) is 21.9 Å². The van der Waals surface area contributed by atoms with Crippen LogP contribution in [0, 0.1) is 13.8 Å². The van der Waals surface area contributed by atoms with Crippen molar-refractivity contribution in [3.8, 4) is 5.75 Å². The molecule has 2 nitrogen and oxygen atoms in total. The quantitative estimate of drug-likeness (QED) is 0.625. The first-order valence-corrected chi connectivity index (χ1v) is 7.65. The van der Waals surface area contributed by atoms with Gasteiger partial charge in [-0.3, -0.25) is 0 Å². The lowest BCUT2D eigenvalue weighted by atomic mass is 10.00. The van der Waals surface area contributed by atoms with Crippen LogP contribution in [0.15, 0.2) is 28.7 Å². The molecule has 0 aliphatic heterocycles. The monoisotopic (exact) mass is 282 g/mol. The molecule has 0 amide bonds. The molecule has 0 aliphatic carbocycles. The number of hydrogen-bond donors (Lipinski definition) is 0. The van der Waals surface area contributed by atoms with Gasteiger partial charge in [-0.15, -0.1) is 0 Å². The van der Waals surface area contributed by atoms with Crippen molar-refractivity contribution >= 4 is 21.9 Å². The lowest BCUT2D eigenvalue weighted by molar-refractivity contribution is 0.411. The maximum atomic E-state index is 6.20. The number of unbranched alkanes of at least 4 members (excludes halogenated alkanes) is 1. The Hall–Kier alpha value is -1.96. The number of benzene rings is 2. The van der Waals surface area contributed by atoms with E-state index in [0.29, 0.717) is 0 Å². The second-order valence-electron chi connectivity index (χ2n) is 5.70. The highest BCUT2D eigenvalue weighted by atomic mass is 16.5. The van der Waals surface area contributed by atoms with E-state index in [4.69, 9.17) is 9.15 Å². The van der Waals surface area contributed by atoms with Crippen molar-refractivity contribution in [3.05, 3.63) is 41.0 Å². The molecule has 110 valence electrons. The Kier molecular flexibility index (Phi) is 3.62. The van der Waals surface area contributed by atoms with Gasteiger partial charge in [-0.2, -0.15) is 0 Å². The van der Waals surface area contributed by atoms with E-state index in [1.807, 2.05) is 6.07 Å². The molecule has 3 rings (SSSR count). The summed E-state index contributed by atoms with van der Waals surface area (Å²) in [6, 6.07) is 8.57. The van der Waals surface area contributed by atoms with Crippen molar-refractivity contribution in [1.82, 2.24) is 0 Å². The van der Waals surface area contributed by atoms with Crippen LogP contribution in [0.1, 0.15) is 36.5 Å². The first-order chi connectivity index (χ1) is 10.2. The normalized spacial score (nSPS) is 11.4. The number of methoxy groups -OCH3 is 1. The summed E-state index contributed by atoms with van der Waals surface area (Å²) in [6.07, 6.45) is 3.56. The van der Waals surface area contributed by atoms with E-state index in [2.05, 4.69) is 39.0 Å². The second-order valence-corrected chi connectivity index (χ2v) is 5.70. The zero-order valence-corrected chi connectivity index (χ0v) is 13.2. The summed E-state index contributed by atoms with van der Waals surface area (Å²) in [5.74, 6) is 0.880. The molecule has 0 unspecified atom stereocenters. The lowest BCUT2D eigenvalue weighted by Crippen LogP contribution is -1.89. The standard InChI is InChI=1S/C19H22O2/c1-5-6-7-14-8-9-15-16-10-11-17(20-4)13(3)19(16)21-18(15)12(14)2/h8-11H,5-7H2,1-4H3. The van der Waals surface area contributed by atoms with Crippen LogP contribution in [-0.2, 0) is 6.42 Å². The van der Waals surface area contributed by atoms with Crippen LogP contribution in [0.4, 0.5) is 0 Å². The molecule has 21 heavy (non-hydrogen) atoms. The Bertz CT molecular complexity index is 796. The SMILES string of the molecule is CCCCc1ccc2c(oc3c(C)c(OC)ccc32)c1C. The zero-order valence-electron chi connectivity index (χ0n) is 13.2. The number of rotatable bonds is 4. The molecule has 0 N–H and O–H groups in total. The smallest absolute Gasteiger partial charge is 0.142 e. The van der Waals surface area contributed by atoms with Crippen LogP contribution < -0.4 is 4.74 Å². The van der Waals surface area contributed by atoms with E-state index in [1.165, 1.54) is 34.7 Å². The van der Waals surface area contributed by atoms with Gasteiger partial charge in [0.25, 0.3) is 0 Å². The highest BCUT2D eigenvalue weighted by Gasteiger charge is 2.15. The molecular formula is C19H22O2. The minimum atomic E-state index is 0.880.